The van der Waals surface area contributed by atoms with Crippen LogP contribution in [-0.2, 0) is 12.4 Å². The minimum Gasteiger partial charge on any atom is -0.508 e. The number of aromatic nitrogens is 1. The van der Waals surface area contributed by atoms with Crippen molar-refractivity contribution in [3.8, 4) is 5.75 Å². The zero-order valence-electron chi connectivity index (χ0n) is 21.1. The molecule has 0 radical (unpaired) electrons. The molecule has 40 heavy (non-hydrogen) atoms. The molecule has 5 atom stereocenters. The fourth-order valence-corrected chi connectivity index (χ4v) is 6.11. The summed E-state index contributed by atoms with van der Waals surface area (Å²) in [6.07, 6.45) is -4.63. The van der Waals surface area contributed by atoms with E-state index < -0.39 is 35.2 Å². The van der Waals surface area contributed by atoms with Crippen LogP contribution in [0.5, 0.6) is 5.75 Å². The highest BCUT2D eigenvalue weighted by molar-refractivity contribution is 7.80. The molecule has 4 unspecified atom stereocenters. The van der Waals surface area contributed by atoms with Crippen molar-refractivity contribution >= 4 is 33.9 Å². The van der Waals surface area contributed by atoms with Crippen molar-refractivity contribution in [1.29, 1.82) is 0 Å². The largest absolute Gasteiger partial charge is 0.508 e. The first-order valence-electron chi connectivity index (χ1n) is 12.6. The molecule has 3 aliphatic rings. The first-order valence-corrected chi connectivity index (χ1v) is 13.1. The minimum absolute atomic E-state index is 0.0297. The summed E-state index contributed by atoms with van der Waals surface area (Å²) in [5, 5.41) is 16.4. The summed E-state index contributed by atoms with van der Waals surface area (Å²) >= 11 is 5.45. The molecule has 2 bridgehead atoms. The number of piperidine rings is 3. The lowest BCUT2D eigenvalue weighted by molar-refractivity contribution is -0.143. The monoisotopic (exact) mass is 580 g/mol. The number of alkyl halides is 6. The van der Waals surface area contributed by atoms with Gasteiger partial charge < -0.3 is 15.7 Å². The zero-order valence-corrected chi connectivity index (χ0v) is 21.9. The molecule has 0 amide bonds. The molecule has 0 saturated carbocycles. The molecule has 3 fully saturated rings. The molecule has 3 aromatic rings. The maximum absolute atomic E-state index is 13.4. The number of nitrogens with zero attached hydrogens (tertiary/aromatic N) is 2. The summed E-state index contributed by atoms with van der Waals surface area (Å²) in [6.45, 7) is 5.56. The van der Waals surface area contributed by atoms with Crippen molar-refractivity contribution in [2.75, 3.05) is 18.4 Å². The van der Waals surface area contributed by atoms with Crippen molar-refractivity contribution in [3.63, 3.8) is 0 Å². The average Bonchev–Trinajstić information content (AvgIpc) is 2.90. The summed E-state index contributed by atoms with van der Waals surface area (Å²) in [5.74, 6) is 0.722. The first-order chi connectivity index (χ1) is 18.8. The molecular weight excluding hydrogens is 554 g/mol. The smallest absolute Gasteiger partial charge is 0.416 e. The second-order valence-electron chi connectivity index (χ2n) is 10.2. The number of anilines is 1. The normalized spacial score (nSPS) is 23.6. The molecule has 3 saturated heterocycles. The Balaban J connectivity index is 1.50. The van der Waals surface area contributed by atoms with E-state index in [0.29, 0.717) is 34.9 Å². The zero-order chi connectivity index (χ0) is 28.8. The number of nitrogens with one attached hydrogen (secondary N) is 2. The lowest BCUT2D eigenvalue weighted by atomic mass is 9.73. The standard InChI is InChI=1S/C28H26F6N4OS/c1-2-15-14-38-8-6-16(15)9-24(38)25(21-5-7-35-23-4-3-20(39)13-22(21)23)37-26(40)36-19-11-17(27(29,30)31)10-18(12-19)28(32,33)34/h2-5,7,10-13,15-16,24-25,39H,1,6,8-9,14H2,(H2,36,37,40)/t15?,16?,24?,25-/m1/s1. The molecule has 12 heteroatoms. The summed E-state index contributed by atoms with van der Waals surface area (Å²) in [4.78, 5) is 6.67. The maximum Gasteiger partial charge on any atom is 0.416 e. The molecule has 4 heterocycles. The van der Waals surface area contributed by atoms with Crippen molar-refractivity contribution in [2.45, 2.75) is 37.3 Å². The van der Waals surface area contributed by atoms with E-state index in [1.165, 1.54) is 6.07 Å². The quantitative estimate of drug-likeness (QED) is 0.173. The van der Waals surface area contributed by atoms with Crippen molar-refractivity contribution in [1.82, 2.24) is 15.2 Å². The van der Waals surface area contributed by atoms with Crippen molar-refractivity contribution < 1.29 is 31.4 Å². The number of halogens is 6. The van der Waals surface area contributed by atoms with Gasteiger partial charge in [0, 0.05) is 29.9 Å². The highest BCUT2D eigenvalue weighted by Gasteiger charge is 2.43. The Labute approximate surface area is 231 Å². The van der Waals surface area contributed by atoms with Gasteiger partial charge in [-0.05, 0) is 91.5 Å². The molecular formula is C28H26F6N4OS. The van der Waals surface area contributed by atoms with Gasteiger partial charge in [0.25, 0.3) is 0 Å². The van der Waals surface area contributed by atoms with E-state index in [0.717, 1.165) is 31.5 Å². The average molecular weight is 581 g/mol. The minimum atomic E-state index is -4.98. The Morgan fingerprint density at radius 1 is 1.07 bits per heavy atom. The van der Waals surface area contributed by atoms with E-state index in [2.05, 4.69) is 27.1 Å². The molecule has 212 valence electrons. The predicted octanol–water partition coefficient (Wildman–Crippen LogP) is 6.90. The Kier molecular flexibility index (Phi) is 7.43. The topological polar surface area (TPSA) is 60.4 Å². The lowest BCUT2D eigenvalue weighted by Crippen LogP contribution is -2.57. The van der Waals surface area contributed by atoms with Crippen molar-refractivity contribution in [2.24, 2.45) is 11.8 Å². The maximum atomic E-state index is 13.4. The molecule has 3 aliphatic heterocycles. The van der Waals surface area contributed by atoms with Crippen LogP contribution in [0.25, 0.3) is 10.9 Å². The number of hydrogen-bond acceptors (Lipinski definition) is 4. The number of phenols is 1. The third kappa shape index (κ3) is 5.73. The summed E-state index contributed by atoms with van der Waals surface area (Å²) in [7, 11) is 0. The second-order valence-corrected chi connectivity index (χ2v) is 10.6. The number of phenolic OH excluding ortho intramolecular Hbond substituents is 1. The highest BCUT2D eigenvalue weighted by atomic mass is 32.1. The summed E-state index contributed by atoms with van der Waals surface area (Å²) in [6, 6.07) is 7.21. The van der Waals surface area contributed by atoms with Crippen LogP contribution in [-0.4, -0.2) is 39.2 Å². The van der Waals surface area contributed by atoms with E-state index in [-0.39, 0.29) is 23.0 Å². The van der Waals surface area contributed by atoms with Gasteiger partial charge in [0.1, 0.15) is 5.75 Å². The second kappa shape index (κ2) is 10.5. The SMILES string of the molecule is C=CC1CN2CCC1CC2[C@H](NC(=S)Nc1cc(C(F)(F)F)cc(C(F)(F)F)c1)c1ccnc2ccc(O)cc12. The van der Waals surface area contributed by atoms with Crippen molar-refractivity contribution in [3.05, 3.63) is 78.0 Å². The van der Waals surface area contributed by atoms with Gasteiger partial charge in [-0.25, -0.2) is 0 Å². The van der Waals surface area contributed by atoms with Gasteiger partial charge in [0.2, 0.25) is 0 Å². The Morgan fingerprint density at radius 2 is 1.77 bits per heavy atom. The van der Waals surface area contributed by atoms with Crippen LogP contribution in [0.2, 0.25) is 0 Å². The van der Waals surface area contributed by atoms with Gasteiger partial charge in [-0.2, -0.15) is 26.3 Å². The molecule has 5 nitrogen and oxygen atoms in total. The van der Waals surface area contributed by atoms with Crippen LogP contribution in [0, 0.1) is 11.8 Å². The number of aromatic hydroxyl groups is 1. The van der Waals surface area contributed by atoms with Gasteiger partial charge in [-0.3, -0.25) is 9.88 Å². The van der Waals surface area contributed by atoms with Crippen LogP contribution in [0.3, 0.4) is 0 Å². The van der Waals surface area contributed by atoms with E-state index >= 15 is 0 Å². The number of thiocarbonyl (C=S) groups is 1. The summed E-state index contributed by atoms with van der Waals surface area (Å²) < 4.78 is 80.4. The van der Waals surface area contributed by atoms with Gasteiger partial charge in [-0.1, -0.05) is 6.08 Å². The van der Waals surface area contributed by atoms with E-state index in [9.17, 15) is 31.4 Å². The molecule has 0 aliphatic carbocycles. The van der Waals surface area contributed by atoms with Gasteiger partial charge in [0.05, 0.1) is 22.7 Å². The first kappa shape index (κ1) is 28.2. The molecule has 2 aromatic carbocycles. The third-order valence-electron chi connectivity index (χ3n) is 7.76. The Morgan fingerprint density at radius 3 is 2.38 bits per heavy atom. The number of benzene rings is 2. The molecule has 3 N–H and O–H groups in total. The fourth-order valence-electron chi connectivity index (χ4n) is 5.87. The van der Waals surface area contributed by atoms with Gasteiger partial charge >= 0.3 is 12.4 Å². The Hall–Kier alpha value is -3.38. The van der Waals surface area contributed by atoms with E-state index in [1.54, 1.807) is 24.4 Å². The fraction of sp³-hybridized carbons (Fsp3) is 0.357. The predicted molar refractivity (Wildman–Crippen MR) is 144 cm³/mol. The van der Waals surface area contributed by atoms with Gasteiger partial charge in [-0.15, -0.1) is 6.58 Å². The van der Waals surface area contributed by atoms with Crippen LogP contribution in [0.1, 0.15) is 35.6 Å². The van der Waals surface area contributed by atoms with Crippen LogP contribution >= 0.6 is 12.2 Å². The number of pyridine rings is 1. The van der Waals surface area contributed by atoms with E-state index in [4.69, 9.17) is 12.2 Å². The van der Waals surface area contributed by atoms with E-state index in [1.807, 2.05) is 6.08 Å². The molecule has 0 spiro atoms. The van der Waals surface area contributed by atoms with Crippen LogP contribution in [0.4, 0.5) is 32.0 Å². The number of hydrogen-bond donors (Lipinski definition) is 3. The third-order valence-corrected chi connectivity index (χ3v) is 7.98. The molecule has 1 aromatic heterocycles. The highest BCUT2D eigenvalue weighted by Crippen LogP contribution is 2.43. The molecule has 6 rings (SSSR count). The van der Waals surface area contributed by atoms with Crippen LogP contribution < -0.4 is 10.6 Å². The number of rotatable bonds is 5. The van der Waals surface area contributed by atoms with Crippen LogP contribution in [0.15, 0.2) is 61.3 Å². The summed E-state index contributed by atoms with van der Waals surface area (Å²) in [5.41, 5.74) is -1.95. The van der Waals surface area contributed by atoms with Gasteiger partial charge in [0.15, 0.2) is 5.11 Å². The number of fused-ring (bicyclic) bond motifs is 4. The Bertz CT molecular complexity index is 1410. The lowest BCUT2D eigenvalue weighted by Gasteiger charge is -2.52.